The van der Waals surface area contributed by atoms with Crippen LogP contribution in [0.5, 0.6) is 0 Å². The standard InChI is InChI=1S/C15H22O7/c1-9(16)22-8-4-2-3-5-10-11(6-7-12(10)17)13(14(18)19)15(20)21/h10-11,13H,2-8H2,1H3,(H,18,19)(H,20,21). The van der Waals surface area contributed by atoms with Crippen LogP contribution in [0.25, 0.3) is 0 Å². The Balaban J connectivity index is 2.48. The number of carboxylic acid groups (broad SMARTS) is 2. The van der Waals surface area contributed by atoms with Gasteiger partial charge in [0.2, 0.25) is 0 Å². The molecule has 124 valence electrons. The second-order valence-corrected chi connectivity index (χ2v) is 5.62. The number of hydrogen-bond donors (Lipinski definition) is 2. The zero-order valence-corrected chi connectivity index (χ0v) is 12.6. The molecule has 2 unspecified atom stereocenters. The molecule has 1 aliphatic rings. The Morgan fingerprint density at radius 3 is 2.36 bits per heavy atom. The molecule has 0 bridgehead atoms. The van der Waals surface area contributed by atoms with Gasteiger partial charge in [-0.3, -0.25) is 19.2 Å². The Labute approximate surface area is 128 Å². The van der Waals surface area contributed by atoms with Crippen LogP contribution in [-0.4, -0.2) is 40.5 Å². The van der Waals surface area contributed by atoms with Gasteiger partial charge in [-0.1, -0.05) is 12.8 Å². The molecule has 1 saturated carbocycles. The van der Waals surface area contributed by atoms with Crippen molar-refractivity contribution in [2.45, 2.75) is 45.4 Å². The first-order valence-electron chi connectivity index (χ1n) is 7.46. The third-order valence-electron chi connectivity index (χ3n) is 4.08. The van der Waals surface area contributed by atoms with Crippen molar-refractivity contribution in [3.63, 3.8) is 0 Å². The zero-order chi connectivity index (χ0) is 16.7. The first kappa shape index (κ1) is 18.1. The molecule has 7 heteroatoms. The molecule has 2 N–H and O–H groups in total. The van der Waals surface area contributed by atoms with Crippen molar-refractivity contribution in [2.75, 3.05) is 6.61 Å². The first-order chi connectivity index (χ1) is 10.3. The van der Waals surface area contributed by atoms with Crippen LogP contribution < -0.4 is 0 Å². The number of carboxylic acids is 2. The highest BCUT2D eigenvalue weighted by Crippen LogP contribution is 2.38. The van der Waals surface area contributed by atoms with Crippen LogP contribution in [0.2, 0.25) is 0 Å². The fraction of sp³-hybridized carbons (Fsp3) is 0.733. The lowest BCUT2D eigenvalue weighted by atomic mass is 9.81. The van der Waals surface area contributed by atoms with E-state index in [0.29, 0.717) is 32.3 Å². The molecule has 2 atom stereocenters. The Bertz CT molecular complexity index is 429. The van der Waals surface area contributed by atoms with Gasteiger partial charge in [-0.2, -0.15) is 0 Å². The predicted molar refractivity (Wildman–Crippen MR) is 75.1 cm³/mol. The summed E-state index contributed by atoms with van der Waals surface area (Å²) in [6.45, 7) is 1.66. The number of hydrogen-bond acceptors (Lipinski definition) is 5. The van der Waals surface area contributed by atoms with Crippen LogP contribution in [0.1, 0.15) is 45.4 Å². The van der Waals surface area contributed by atoms with Gasteiger partial charge < -0.3 is 14.9 Å². The molecule has 0 aromatic heterocycles. The number of carbonyl (C=O) groups is 4. The third-order valence-corrected chi connectivity index (χ3v) is 4.08. The molecule has 0 saturated heterocycles. The van der Waals surface area contributed by atoms with Crippen LogP contribution in [0.15, 0.2) is 0 Å². The van der Waals surface area contributed by atoms with Gasteiger partial charge >= 0.3 is 17.9 Å². The van der Waals surface area contributed by atoms with E-state index in [1.165, 1.54) is 6.92 Å². The molecule has 0 aromatic rings. The lowest BCUT2D eigenvalue weighted by Crippen LogP contribution is -2.34. The summed E-state index contributed by atoms with van der Waals surface area (Å²) in [6.07, 6.45) is 3.15. The van der Waals surface area contributed by atoms with Crippen LogP contribution in [0.3, 0.4) is 0 Å². The van der Waals surface area contributed by atoms with Crippen molar-refractivity contribution in [3.05, 3.63) is 0 Å². The summed E-state index contributed by atoms with van der Waals surface area (Å²) in [5, 5.41) is 18.1. The summed E-state index contributed by atoms with van der Waals surface area (Å²) in [7, 11) is 0. The molecule has 0 radical (unpaired) electrons. The summed E-state index contributed by atoms with van der Waals surface area (Å²) in [6, 6.07) is 0. The van der Waals surface area contributed by atoms with Crippen molar-refractivity contribution >= 4 is 23.7 Å². The Kier molecular flexibility index (Phi) is 7.01. The van der Waals surface area contributed by atoms with Gasteiger partial charge in [0, 0.05) is 19.3 Å². The van der Waals surface area contributed by atoms with Gasteiger partial charge in [0.1, 0.15) is 5.78 Å². The van der Waals surface area contributed by atoms with Crippen LogP contribution in [-0.2, 0) is 23.9 Å². The van der Waals surface area contributed by atoms with Crippen molar-refractivity contribution in [3.8, 4) is 0 Å². The Morgan fingerprint density at radius 2 is 1.82 bits per heavy atom. The fourth-order valence-electron chi connectivity index (χ4n) is 3.04. The summed E-state index contributed by atoms with van der Waals surface area (Å²) in [4.78, 5) is 44.7. The maximum atomic E-state index is 11.9. The van der Waals surface area contributed by atoms with Crippen molar-refractivity contribution < 1.29 is 34.1 Å². The van der Waals surface area contributed by atoms with E-state index in [1.54, 1.807) is 0 Å². The average Bonchev–Trinajstić information content (AvgIpc) is 2.74. The van der Waals surface area contributed by atoms with E-state index in [4.69, 9.17) is 14.9 Å². The molecule has 0 spiro atoms. The maximum Gasteiger partial charge on any atom is 0.318 e. The van der Waals surface area contributed by atoms with Gasteiger partial charge in [0.05, 0.1) is 6.61 Å². The molecular weight excluding hydrogens is 292 g/mol. The molecule has 1 fully saturated rings. The maximum absolute atomic E-state index is 11.9. The second-order valence-electron chi connectivity index (χ2n) is 5.62. The number of Topliss-reactive ketones (excluding diaryl/α,β-unsaturated/α-hetero) is 1. The van der Waals surface area contributed by atoms with E-state index in [-0.39, 0.29) is 18.2 Å². The number of rotatable bonds is 9. The topological polar surface area (TPSA) is 118 Å². The minimum Gasteiger partial charge on any atom is -0.481 e. The monoisotopic (exact) mass is 314 g/mol. The molecule has 7 nitrogen and oxygen atoms in total. The van der Waals surface area contributed by atoms with E-state index >= 15 is 0 Å². The second kappa shape index (κ2) is 8.51. The highest BCUT2D eigenvalue weighted by molar-refractivity contribution is 5.95. The minimum absolute atomic E-state index is 0.0440. The Hall–Kier alpha value is -1.92. The van der Waals surface area contributed by atoms with E-state index in [1.807, 2.05) is 0 Å². The molecule has 1 aliphatic carbocycles. The summed E-state index contributed by atoms with van der Waals surface area (Å²) < 4.78 is 4.80. The van der Waals surface area contributed by atoms with Gasteiger partial charge in [-0.15, -0.1) is 0 Å². The molecule has 0 aliphatic heterocycles. The van der Waals surface area contributed by atoms with Crippen molar-refractivity contribution in [1.29, 1.82) is 0 Å². The van der Waals surface area contributed by atoms with Crippen LogP contribution in [0, 0.1) is 17.8 Å². The normalized spacial score (nSPS) is 21.1. The van der Waals surface area contributed by atoms with E-state index < -0.39 is 29.7 Å². The molecule has 22 heavy (non-hydrogen) atoms. The van der Waals surface area contributed by atoms with E-state index in [0.717, 1.165) is 6.42 Å². The molecule has 1 rings (SSSR count). The van der Waals surface area contributed by atoms with Crippen LogP contribution in [0.4, 0.5) is 0 Å². The number of esters is 1. The summed E-state index contributed by atoms with van der Waals surface area (Å²) in [5.41, 5.74) is 0. The van der Waals surface area contributed by atoms with Gasteiger partial charge in [-0.25, -0.2) is 0 Å². The summed E-state index contributed by atoms with van der Waals surface area (Å²) >= 11 is 0. The van der Waals surface area contributed by atoms with E-state index in [2.05, 4.69) is 0 Å². The molecule has 0 amide bonds. The number of ether oxygens (including phenoxy) is 1. The zero-order valence-electron chi connectivity index (χ0n) is 12.6. The quantitative estimate of drug-likeness (QED) is 0.376. The highest BCUT2D eigenvalue weighted by Gasteiger charge is 2.45. The predicted octanol–water partition coefficient (Wildman–Crippen LogP) is 1.49. The smallest absolute Gasteiger partial charge is 0.318 e. The van der Waals surface area contributed by atoms with Crippen molar-refractivity contribution in [1.82, 2.24) is 0 Å². The average molecular weight is 314 g/mol. The lowest BCUT2D eigenvalue weighted by molar-refractivity contribution is -0.158. The van der Waals surface area contributed by atoms with Gasteiger partial charge in [0.15, 0.2) is 5.92 Å². The van der Waals surface area contributed by atoms with Crippen LogP contribution >= 0.6 is 0 Å². The molecular formula is C15H22O7. The highest BCUT2D eigenvalue weighted by atomic mass is 16.5. The number of aliphatic carboxylic acids is 2. The lowest BCUT2D eigenvalue weighted by Gasteiger charge is -2.21. The fourth-order valence-corrected chi connectivity index (χ4v) is 3.04. The molecule has 0 heterocycles. The number of carbonyl (C=O) groups excluding carboxylic acids is 2. The largest absolute Gasteiger partial charge is 0.481 e. The number of unbranched alkanes of at least 4 members (excludes halogenated alkanes) is 2. The van der Waals surface area contributed by atoms with E-state index in [9.17, 15) is 19.2 Å². The number of ketones is 1. The molecule has 0 aromatic carbocycles. The van der Waals surface area contributed by atoms with Gasteiger partial charge in [0.25, 0.3) is 0 Å². The minimum atomic E-state index is -1.52. The van der Waals surface area contributed by atoms with Gasteiger partial charge in [-0.05, 0) is 25.2 Å². The van der Waals surface area contributed by atoms with Crippen molar-refractivity contribution in [2.24, 2.45) is 17.8 Å². The third kappa shape index (κ3) is 5.13. The Morgan fingerprint density at radius 1 is 1.18 bits per heavy atom. The SMILES string of the molecule is CC(=O)OCCCCCC1C(=O)CCC1C(C(=O)O)C(=O)O. The summed E-state index contributed by atoms with van der Waals surface area (Å²) in [5.74, 6) is -5.78. The first-order valence-corrected chi connectivity index (χ1v) is 7.46.